The molecular weight excluding hydrogens is 290 g/mol. The summed E-state index contributed by atoms with van der Waals surface area (Å²) in [4.78, 5) is 19.4. The molecule has 0 spiro atoms. The maximum absolute atomic E-state index is 13.0. The Morgan fingerprint density at radius 2 is 2.22 bits per heavy atom. The number of para-hydroxylation sites is 1. The van der Waals surface area contributed by atoms with Crippen molar-refractivity contribution in [2.45, 2.75) is 32.2 Å². The minimum absolute atomic E-state index is 0.0187. The van der Waals surface area contributed by atoms with Crippen molar-refractivity contribution in [3.05, 3.63) is 47.5 Å². The normalized spacial score (nSPS) is 22.8. The smallest absolute Gasteiger partial charge is 0.230 e. The van der Waals surface area contributed by atoms with E-state index in [0.29, 0.717) is 13.0 Å². The summed E-state index contributed by atoms with van der Waals surface area (Å²) >= 11 is 0. The zero-order valence-electron chi connectivity index (χ0n) is 13.3. The van der Waals surface area contributed by atoms with Crippen LogP contribution in [0, 0.1) is 12.8 Å². The molecule has 2 aliphatic rings. The molecule has 5 heteroatoms. The van der Waals surface area contributed by atoms with Gasteiger partial charge in [0, 0.05) is 48.9 Å². The van der Waals surface area contributed by atoms with Crippen molar-refractivity contribution in [2.75, 3.05) is 18.1 Å². The second-order valence-corrected chi connectivity index (χ2v) is 6.54. The summed E-state index contributed by atoms with van der Waals surface area (Å²) in [6.07, 6.45) is 3.44. The second-order valence-electron chi connectivity index (χ2n) is 6.54. The molecule has 0 aliphatic carbocycles. The van der Waals surface area contributed by atoms with E-state index < -0.39 is 0 Å². The maximum Gasteiger partial charge on any atom is 0.230 e. The monoisotopic (exact) mass is 311 g/mol. The number of rotatable bonds is 2. The third-order valence-electron chi connectivity index (χ3n) is 5.17. The van der Waals surface area contributed by atoms with Crippen LogP contribution in [-0.4, -0.2) is 33.7 Å². The summed E-state index contributed by atoms with van der Waals surface area (Å²) in [7, 11) is 0. The molecule has 1 aromatic heterocycles. The molecule has 1 amide bonds. The molecule has 2 aliphatic heterocycles. The fourth-order valence-electron chi connectivity index (χ4n) is 3.88. The first kappa shape index (κ1) is 14.5. The lowest BCUT2D eigenvalue weighted by molar-refractivity contribution is -0.123. The van der Waals surface area contributed by atoms with Crippen molar-refractivity contribution in [1.29, 1.82) is 0 Å². The molecule has 0 saturated carbocycles. The van der Waals surface area contributed by atoms with Crippen molar-refractivity contribution < 1.29 is 9.90 Å². The predicted molar refractivity (Wildman–Crippen MR) is 87.4 cm³/mol. The van der Waals surface area contributed by atoms with E-state index in [-0.39, 0.29) is 24.3 Å². The van der Waals surface area contributed by atoms with E-state index in [1.165, 1.54) is 0 Å². The van der Waals surface area contributed by atoms with Crippen molar-refractivity contribution in [3.63, 3.8) is 0 Å². The summed E-state index contributed by atoms with van der Waals surface area (Å²) in [5, 5.41) is 9.60. The Morgan fingerprint density at radius 1 is 1.39 bits per heavy atom. The van der Waals surface area contributed by atoms with E-state index in [0.717, 1.165) is 35.7 Å². The SMILES string of the molecule is Cc1cnc2n1CCC(C(=O)N1CC(CO)c3ccccc31)C2. The standard InChI is InChI=1S/C18H21N3O2/c1-12-9-19-17-8-13(6-7-20(12)17)18(23)21-10-14(11-22)15-4-2-3-5-16(15)21/h2-5,9,13-14,22H,6-8,10-11H2,1H3. The molecule has 1 N–H and O–H groups in total. The molecule has 0 bridgehead atoms. The Bertz CT molecular complexity index is 752. The summed E-state index contributed by atoms with van der Waals surface area (Å²) in [5.41, 5.74) is 3.20. The quantitative estimate of drug-likeness (QED) is 0.921. The number of carbonyl (C=O) groups excluding carboxylic acids is 1. The fourth-order valence-corrected chi connectivity index (χ4v) is 3.88. The molecule has 2 unspecified atom stereocenters. The van der Waals surface area contributed by atoms with E-state index in [1.54, 1.807) is 0 Å². The first-order chi connectivity index (χ1) is 11.2. The van der Waals surface area contributed by atoms with Crippen LogP contribution >= 0.6 is 0 Å². The number of fused-ring (bicyclic) bond motifs is 2. The van der Waals surface area contributed by atoms with Gasteiger partial charge < -0.3 is 14.6 Å². The number of nitrogens with zero attached hydrogens (tertiary/aromatic N) is 3. The van der Waals surface area contributed by atoms with Gasteiger partial charge in [0.05, 0.1) is 6.61 Å². The molecule has 3 heterocycles. The Morgan fingerprint density at radius 3 is 3.04 bits per heavy atom. The lowest BCUT2D eigenvalue weighted by atomic mass is 9.96. The Kier molecular flexibility index (Phi) is 3.45. The van der Waals surface area contributed by atoms with Crippen molar-refractivity contribution in [2.24, 2.45) is 5.92 Å². The highest BCUT2D eigenvalue weighted by atomic mass is 16.3. The highest BCUT2D eigenvalue weighted by molar-refractivity contribution is 5.97. The van der Waals surface area contributed by atoms with Crippen LogP contribution in [-0.2, 0) is 17.8 Å². The number of hydrogen-bond acceptors (Lipinski definition) is 3. The van der Waals surface area contributed by atoms with Gasteiger partial charge in [0.1, 0.15) is 5.82 Å². The van der Waals surface area contributed by atoms with E-state index in [2.05, 4.69) is 16.5 Å². The number of aliphatic hydroxyl groups excluding tert-OH is 1. The molecule has 0 saturated heterocycles. The van der Waals surface area contributed by atoms with Crippen LogP contribution in [0.2, 0.25) is 0 Å². The first-order valence-electron chi connectivity index (χ1n) is 8.21. The summed E-state index contributed by atoms with van der Waals surface area (Å²) in [5.74, 6) is 1.19. The number of aromatic nitrogens is 2. The Hall–Kier alpha value is -2.14. The van der Waals surface area contributed by atoms with Crippen molar-refractivity contribution in [3.8, 4) is 0 Å². The number of hydrogen-bond donors (Lipinski definition) is 1. The molecular formula is C18H21N3O2. The van der Waals surface area contributed by atoms with Gasteiger partial charge >= 0.3 is 0 Å². The molecule has 0 radical (unpaired) electrons. The molecule has 1 aromatic carbocycles. The van der Waals surface area contributed by atoms with Gasteiger partial charge in [0.25, 0.3) is 0 Å². The van der Waals surface area contributed by atoms with Crippen LogP contribution in [0.15, 0.2) is 30.5 Å². The lowest BCUT2D eigenvalue weighted by Gasteiger charge is -2.28. The first-order valence-corrected chi connectivity index (χ1v) is 8.21. The van der Waals surface area contributed by atoms with Crippen LogP contribution in [0.1, 0.15) is 29.4 Å². The number of anilines is 1. The average Bonchev–Trinajstić information content (AvgIpc) is 3.15. The van der Waals surface area contributed by atoms with Gasteiger partial charge in [-0.25, -0.2) is 4.98 Å². The van der Waals surface area contributed by atoms with Gasteiger partial charge in [-0.3, -0.25) is 4.79 Å². The molecule has 0 fully saturated rings. The number of benzene rings is 1. The minimum atomic E-state index is -0.0187. The van der Waals surface area contributed by atoms with Gasteiger partial charge in [0.2, 0.25) is 5.91 Å². The maximum atomic E-state index is 13.0. The number of carbonyl (C=O) groups is 1. The van der Waals surface area contributed by atoms with Gasteiger partial charge in [-0.2, -0.15) is 0 Å². The fraction of sp³-hybridized carbons (Fsp3) is 0.444. The van der Waals surface area contributed by atoms with Crippen molar-refractivity contribution in [1.82, 2.24) is 9.55 Å². The lowest BCUT2D eigenvalue weighted by Crippen LogP contribution is -2.39. The summed E-state index contributed by atoms with van der Waals surface area (Å²) < 4.78 is 2.21. The molecule has 120 valence electrons. The number of aliphatic hydroxyl groups is 1. The third-order valence-corrected chi connectivity index (χ3v) is 5.17. The number of aryl methyl sites for hydroxylation is 1. The Balaban J connectivity index is 1.59. The summed E-state index contributed by atoms with van der Waals surface area (Å²) in [6.45, 7) is 3.57. The minimum Gasteiger partial charge on any atom is -0.396 e. The van der Waals surface area contributed by atoms with Gasteiger partial charge in [-0.05, 0) is 25.0 Å². The highest BCUT2D eigenvalue weighted by Gasteiger charge is 2.36. The topological polar surface area (TPSA) is 58.4 Å². The van der Waals surface area contributed by atoms with Gasteiger partial charge in [-0.15, -0.1) is 0 Å². The van der Waals surface area contributed by atoms with E-state index >= 15 is 0 Å². The van der Waals surface area contributed by atoms with Crippen LogP contribution in [0.3, 0.4) is 0 Å². The second kappa shape index (κ2) is 5.49. The largest absolute Gasteiger partial charge is 0.396 e. The summed E-state index contributed by atoms with van der Waals surface area (Å²) in [6, 6.07) is 7.92. The zero-order chi connectivity index (χ0) is 16.0. The predicted octanol–water partition coefficient (Wildman–Crippen LogP) is 1.88. The van der Waals surface area contributed by atoms with Crippen LogP contribution in [0.4, 0.5) is 5.69 Å². The molecule has 2 atom stereocenters. The molecule has 2 aromatic rings. The van der Waals surface area contributed by atoms with Crippen molar-refractivity contribution >= 4 is 11.6 Å². The average molecular weight is 311 g/mol. The highest BCUT2D eigenvalue weighted by Crippen LogP contribution is 2.37. The number of amides is 1. The Labute approximate surface area is 135 Å². The molecule has 5 nitrogen and oxygen atoms in total. The zero-order valence-corrected chi connectivity index (χ0v) is 13.3. The molecule has 4 rings (SSSR count). The van der Waals surface area contributed by atoms with E-state index in [1.807, 2.05) is 35.4 Å². The number of imidazole rings is 1. The van der Waals surface area contributed by atoms with Gasteiger partial charge in [0.15, 0.2) is 0 Å². The van der Waals surface area contributed by atoms with Gasteiger partial charge in [-0.1, -0.05) is 18.2 Å². The third kappa shape index (κ3) is 2.27. The van der Waals surface area contributed by atoms with E-state index in [4.69, 9.17) is 0 Å². The van der Waals surface area contributed by atoms with Crippen LogP contribution < -0.4 is 4.90 Å². The van der Waals surface area contributed by atoms with Crippen LogP contribution in [0.25, 0.3) is 0 Å². The van der Waals surface area contributed by atoms with Crippen LogP contribution in [0.5, 0.6) is 0 Å². The molecule has 23 heavy (non-hydrogen) atoms. The van der Waals surface area contributed by atoms with E-state index in [9.17, 15) is 9.90 Å².